The maximum atomic E-state index is 12.1. The number of hydrogen-bond acceptors (Lipinski definition) is 5. The number of thioether (sulfide) groups is 1. The van der Waals surface area contributed by atoms with E-state index in [4.69, 9.17) is 16.0 Å². The van der Waals surface area contributed by atoms with Crippen LogP contribution in [-0.2, 0) is 11.2 Å². The molecule has 0 aliphatic heterocycles. The molecule has 4 aromatic rings. The number of para-hydroxylation sites is 1. The highest BCUT2D eigenvalue weighted by Gasteiger charge is 2.11. The van der Waals surface area contributed by atoms with Crippen LogP contribution < -0.4 is 5.32 Å². The molecule has 1 amide bonds. The average molecular weight is 413 g/mol. The van der Waals surface area contributed by atoms with E-state index in [2.05, 4.69) is 26.6 Å². The Morgan fingerprint density at radius 2 is 2.07 bits per heavy atom. The summed E-state index contributed by atoms with van der Waals surface area (Å²) >= 11 is 7.18. The molecule has 0 unspecified atom stereocenters. The number of carbonyl (C=O) groups excluding carboxylic acids is 1. The summed E-state index contributed by atoms with van der Waals surface area (Å²) in [7, 11) is 0. The summed E-state index contributed by atoms with van der Waals surface area (Å²) in [5.41, 5.74) is 3.04. The molecule has 0 saturated carbocycles. The quantitative estimate of drug-likeness (QED) is 0.441. The number of H-pyrrole nitrogens is 1. The summed E-state index contributed by atoms with van der Waals surface area (Å²) in [5.74, 6) is 0.516. The number of aromatic nitrogens is 3. The van der Waals surface area contributed by atoms with Crippen molar-refractivity contribution < 1.29 is 9.21 Å². The zero-order chi connectivity index (χ0) is 19.3. The first-order chi connectivity index (χ1) is 13.7. The van der Waals surface area contributed by atoms with Crippen LogP contribution in [0.25, 0.3) is 22.4 Å². The van der Waals surface area contributed by atoms with Crippen molar-refractivity contribution in [2.75, 3.05) is 12.3 Å². The van der Waals surface area contributed by atoms with Crippen molar-refractivity contribution in [1.82, 2.24) is 20.5 Å². The first kappa shape index (κ1) is 18.6. The normalized spacial score (nSPS) is 11.0. The predicted molar refractivity (Wildman–Crippen MR) is 110 cm³/mol. The van der Waals surface area contributed by atoms with Crippen LogP contribution >= 0.6 is 23.4 Å². The summed E-state index contributed by atoms with van der Waals surface area (Å²) in [5, 5.41) is 13.0. The molecule has 4 rings (SSSR count). The lowest BCUT2D eigenvalue weighted by Gasteiger charge is -2.03. The minimum absolute atomic E-state index is 0.0765. The van der Waals surface area contributed by atoms with Gasteiger partial charge in [-0.05, 0) is 36.2 Å². The van der Waals surface area contributed by atoms with Gasteiger partial charge in [-0.25, -0.2) is 0 Å². The van der Waals surface area contributed by atoms with E-state index >= 15 is 0 Å². The second kappa shape index (κ2) is 8.50. The van der Waals surface area contributed by atoms with E-state index in [1.54, 1.807) is 12.1 Å². The molecular formula is C20H17ClN4O2S. The van der Waals surface area contributed by atoms with Gasteiger partial charge in [0, 0.05) is 34.2 Å². The van der Waals surface area contributed by atoms with E-state index in [1.807, 2.05) is 36.5 Å². The topological polar surface area (TPSA) is 83.8 Å². The summed E-state index contributed by atoms with van der Waals surface area (Å²) in [6, 6.07) is 15.3. The third kappa shape index (κ3) is 4.37. The molecule has 142 valence electrons. The molecular weight excluding hydrogens is 396 g/mol. The molecule has 0 saturated heterocycles. The van der Waals surface area contributed by atoms with Crippen molar-refractivity contribution in [2.24, 2.45) is 0 Å². The lowest BCUT2D eigenvalue weighted by molar-refractivity contribution is -0.118. The van der Waals surface area contributed by atoms with Crippen molar-refractivity contribution in [1.29, 1.82) is 0 Å². The third-order valence-corrected chi connectivity index (χ3v) is 5.25. The van der Waals surface area contributed by atoms with Crippen LogP contribution in [0.2, 0.25) is 5.02 Å². The van der Waals surface area contributed by atoms with Crippen molar-refractivity contribution in [3.63, 3.8) is 0 Å². The molecule has 0 spiro atoms. The Balaban J connectivity index is 1.26. The number of rotatable bonds is 7. The first-order valence-corrected chi connectivity index (χ1v) is 10.1. The Labute approximate surface area is 170 Å². The molecule has 6 nitrogen and oxygen atoms in total. The second-order valence-electron chi connectivity index (χ2n) is 6.13. The molecule has 2 heterocycles. The number of nitrogens with zero attached hydrogens (tertiary/aromatic N) is 2. The van der Waals surface area contributed by atoms with E-state index in [0.717, 1.165) is 17.5 Å². The minimum atomic E-state index is -0.0765. The standard InChI is InChI=1S/C20H17ClN4O2S/c21-15-5-3-4-13(10-15)19-24-25-20(27-19)28-12-18(26)22-9-8-14-11-23-17-7-2-1-6-16(14)17/h1-7,10-11,23H,8-9,12H2,(H,22,26). The predicted octanol–water partition coefficient (Wildman–Crippen LogP) is 4.32. The zero-order valence-corrected chi connectivity index (χ0v) is 16.4. The SMILES string of the molecule is O=C(CSc1nnc(-c2cccc(Cl)c2)o1)NCCc1c[nH]c2ccccc12. The van der Waals surface area contributed by atoms with Gasteiger partial charge in [0.1, 0.15) is 0 Å². The number of carbonyl (C=O) groups is 1. The average Bonchev–Trinajstić information content (AvgIpc) is 3.34. The van der Waals surface area contributed by atoms with Crippen LogP contribution in [-0.4, -0.2) is 33.4 Å². The maximum absolute atomic E-state index is 12.1. The van der Waals surface area contributed by atoms with Gasteiger partial charge in [-0.3, -0.25) is 4.79 Å². The molecule has 0 radical (unpaired) electrons. The molecule has 2 aromatic heterocycles. The largest absolute Gasteiger partial charge is 0.411 e. The lowest BCUT2D eigenvalue weighted by atomic mass is 10.1. The summed E-state index contributed by atoms with van der Waals surface area (Å²) < 4.78 is 5.58. The third-order valence-electron chi connectivity index (χ3n) is 4.20. The fraction of sp³-hybridized carbons (Fsp3) is 0.150. The van der Waals surface area contributed by atoms with Gasteiger partial charge in [0.2, 0.25) is 11.8 Å². The van der Waals surface area contributed by atoms with Crippen LogP contribution in [0, 0.1) is 0 Å². The fourth-order valence-corrected chi connectivity index (χ4v) is 3.64. The van der Waals surface area contributed by atoms with Gasteiger partial charge >= 0.3 is 0 Å². The van der Waals surface area contributed by atoms with Gasteiger partial charge in [0.15, 0.2) is 0 Å². The van der Waals surface area contributed by atoms with Crippen molar-refractivity contribution in [2.45, 2.75) is 11.6 Å². The molecule has 2 N–H and O–H groups in total. The molecule has 28 heavy (non-hydrogen) atoms. The number of fused-ring (bicyclic) bond motifs is 1. The molecule has 8 heteroatoms. The van der Waals surface area contributed by atoms with Crippen molar-refractivity contribution in [3.8, 4) is 11.5 Å². The van der Waals surface area contributed by atoms with E-state index < -0.39 is 0 Å². The monoisotopic (exact) mass is 412 g/mol. The van der Waals surface area contributed by atoms with E-state index in [9.17, 15) is 4.79 Å². The highest BCUT2D eigenvalue weighted by molar-refractivity contribution is 7.99. The number of benzene rings is 2. The van der Waals surface area contributed by atoms with Gasteiger partial charge in [0.05, 0.1) is 5.75 Å². The number of aromatic amines is 1. The van der Waals surface area contributed by atoms with Gasteiger partial charge in [-0.1, -0.05) is 47.6 Å². The first-order valence-electron chi connectivity index (χ1n) is 8.73. The van der Waals surface area contributed by atoms with Gasteiger partial charge < -0.3 is 14.7 Å². The van der Waals surface area contributed by atoms with Crippen molar-refractivity contribution in [3.05, 3.63) is 65.3 Å². The second-order valence-corrected chi connectivity index (χ2v) is 7.49. The van der Waals surface area contributed by atoms with Gasteiger partial charge in [-0.2, -0.15) is 0 Å². The van der Waals surface area contributed by atoms with E-state index in [-0.39, 0.29) is 11.7 Å². The highest BCUT2D eigenvalue weighted by Crippen LogP contribution is 2.25. The molecule has 2 aromatic carbocycles. The number of hydrogen-bond donors (Lipinski definition) is 2. The van der Waals surface area contributed by atoms with Crippen LogP contribution in [0.5, 0.6) is 0 Å². The summed E-state index contributed by atoms with van der Waals surface area (Å²) in [6.45, 7) is 0.568. The van der Waals surface area contributed by atoms with Gasteiger partial charge in [0.25, 0.3) is 5.22 Å². The Morgan fingerprint density at radius 1 is 1.18 bits per heavy atom. The smallest absolute Gasteiger partial charge is 0.277 e. The van der Waals surface area contributed by atoms with Crippen LogP contribution in [0.1, 0.15) is 5.56 Å². The summed E-state index contributed by atoms with van der Waals surface area (Å²) in [4.78, 5) is 15.3. The maximum Gasteiger partial charge on any atom is 0.277 e. The Bertz CT molecular complexity index is 1110. The molecule has 0 bridgehead atoms. The number of amides is 1. The number of halogens is 1. The van der Waals surface area contributed by atoms with Crippen LogP contribution in [0.15, 0.2) is 64.4 Å². The molecule has 0 aliphatic rings. The Kier molecular flexibility index (Phi) is 5.64. The Morgan fingerprint density at radius 3 is 2.96 bits per heavy atom. The van der Waals surface area contributed by atoms with Crippen molar-refractivity contribution >= 4 is 40.2 Å². The molecule has 0 aliphatic carbocycles. The van der Waals surface area contributed by atoms with E-state index in [0.29, 0.717) is 22.7 Å². The fourth-order valence-electron chi connectivity index (χ4n) is 2.86. The number of nitrogens with one attached hydrogen (secondary N) is 2. The van der Waals surface area contributed by atoms with Crippen LogP contribution in [0.3, 0.4) is 0 Å². The van der Waals surface area contributed by atoms with Crippen LogP contribution in [0.4, 0.5) is 0 Å². The molecule has 0 atom stereocenters. The minimum Gasteiger partial charge on any atom is -0.411 e. The van der Waals surface area contributed by atoms with E-state index in [1.165, 1.54) is 22.7 Å². The summed E-state index contributed by atoms with van der Waals surface area (Å²) in [6.07, 6.45) is 2.75. The Hall–Kier alpha value is -2.77. The zero-order valence-electron chi connectivity index (χ0n) is 14.8. The highest BCUT2D eigenvalue weighted by atomic mass is 35.5. The molecule has 0 fully saturated rings. The van der Waals surface area contributed by atoms with Gasteiger partial charge in [-0.15, -0.1) is 10.2 Å². The lowest BCUT2D eigenvalue weighted by Crippen LogP contribution is -2.27.